The Hall–Kier alpha value is -1.11. The SMILES string of the molecule is CN=C(NCC(c1cccs1)N1CCOCC1)NC1CCCC1. The predicted molar refractivity (Wildman–Crippen MR) is 96.2 cm³/mol. The van der Waals surface area contributed by atoms with Crippen molar-refractivity contribution in [3.05, 3.63) is 22.4 Å². The molecule has 1 aromatic heterocycles. The van der Waals surface area contributed by atoms with Crippen LogP contribution in [0.15, 0.2) is 22.5 Å². The lowest BCUT2D eigenvalue weighted by atomic mass is 10.2. The normalized spacial score (nSPS) is 22.2. The second-order valence-electron chi connectivity index (χ2n) is 6.26. The van der Waals surface area contributed by atoms with Crippen molar-refractivity contribution in [1.29, 1.82) is 0 Å². The van der Waals surface area contributed by atoms with Crippen molar-refractivity contribution < 1.29 is 4.74 Å². The molecule has 1 aliphatic heterocycles. The van der Waals surface area contributed by atoms with Crippen LogP contribution in [0.2, 0.25) is 0 Å². The molecule has 1 saturated heterocycles. The maximum atomic E-state index is 5.51. The van der Waals surface area contributed by atoms with E-state index < -0.39 is 0 Å². The van der Waals surface area contributed by atoms with Crippen LogP contribution in [0.5, 0.6) is 0 Å². The maximum absolute atomic E-state index is 5.51. The lowest BCUT2D eigenvalue weighted by Gasteiger charge is -2.34. The van der Waals surface area contributed by atoms with Gasteiger partial charge in [0.2, 0.25) is 0 Å². The molecule has 0 spiro atoms. The van der Waals surface area contributed by atoms with E-state index in [1.807, 2.05) is 18.4 Å². The Kier molecular flexibility index (Phi) is 6.30. The van der Waals surface area contributed by atoms with Crippen LogP contribution in [0, 0.1) is 0 Å². The van der Waals surface area contributed by atoms with Crippen LogP contribution in [0.25, 0.3) is 0 Å². The van der Waals surface area contributed by atoms with Gasteiger partial charge in [0, 0.05) is 37.6 Å². The Bertz CT molecular complexity index is 479. The molecule has 1 aromatic rings. The minimum Gasteiger partial charge on any atom is -0.379 e. The van der Waals surface area contributed by atoms with Gasteiger partial charge in [0.25, 0.3) is 0 Å². The first-order valence-electron chi connectivity index (χ1n) is 8.69. The molecule has 2 aliphatic rings. The van der Waals surface area contributed by atoms with Crippen LogP contribution < -0.4 is 10.6 Å². The van der Waals surface area contributed by atoms with Gasteiger partial charge in [-0.1, -0.05) is 18.9 Å². The number of nitrogens with zero attached hydrogens (tertiary/aromatic N) is 2. The molecule has 3 rings (SSSR count). The van der Waals surface area contributed by atoms with E-state index in [1.54, 1.807) is 0 Å². The predicted octanol–water partition coefficient (Wildman–Crippen LogP) is 2.23. The Morgan fingerprint density at radius 1 is 1.39 bits per heavy atom. The minimum absolute atomic E-state index is 0.390. The topological polar surface area (TPSA) is 48.9 Å². The first-order valence-corrected chi connectivity index (χ1v) is 9.57. The van der Waals surface area contributed by atoms with Crippen LogP contribution in [0.4, 0.5) is 0 Å². The Balaban J connectivity index is 1.58. The smallest absolute Gasteiger partial charge is 0.191 e. The second kappa shape index (κ2) is 8.66. The lowest BCUT2D eigenvalue weighted by molar-refractivity contribution is 0.0177. The molecule has 1 aliphatic carbocycles. The van der Waals surface area contributed by atoms with Gasteiger partial charge in [-0.15, -0.1) is 11.3 Å². The Labute approximate surface area is 143 Å². The molecule has 128 valence electrons. The fourth-order valence-corrected chi connectivity index (χ4v) is 4.29. The van der Waals surface area contributed by atoms with E-state index in [2.05, 4.69) is 38.0 Å². The number of nitrogens with one attached hydrogen (secondary N) is 2. The molecular formula is C17H28N4OS. The number of aliphatic imine (C=N–C) groups is 1. The third-order valence-corrected chi connectivity index (χ3v) is 5.71. The quantitative estimate of drug-likeness (QED) is 0.639. The van der Waals surface area contributed by atoms with E-state index in [-0.39, 0.29) is 0 Å². The summed E-state index contributed by atoms with van der Waals surface area (Å²) < 4.78 is 5.51. The second-order valence-corrected chi connectivity index (χ2v) is 7.24. The molecule has 2 fully saturated rings. The largest absolute Gasteiger partial charge is 0.379 e. The van der Waals surface area contributed by atoms with Crippen molar-refractivity contribution in [3.63, 3.8) is 0 Å². The lowest BCUT2D eigenvalue weighted by Crippen LogP contribution is -2.47. The highest BCUT2D eigenvalue weighted by atomic mass is 32.1. The summed E-state index contributed by atoms with van der Waals surface area (Å²) in [6, 6.07) is 5.35. The number of rotatable bonds is 5. The van der Waals surface area contributed by atoms with Gasteiger partial charge in [-0.25, -0.2) is 0 Å². The Morgan fingerprint density at radius 2 is 2.17 bits per heavy atom. The number of hydrogen-bond donors (Lipinski definition) is 2. The molecule has 6 heteroatoms. The standard InChI is InChI=1S/C17H28N4OS/c1-18-17(20-14-5-2-3-6-14)19-13-15(16-7-4-12-23-16)21-8-10-22-11-9-21/h4,7,12,14-15H,2-3,5-6,8-11,13H2,1H3,(H2,18,19,20). The zero-order chi connectivity index (χ0) is 15.9. The zero-order valence-electron chi connectivity index (χ0n) is 14.0. The van der Waals surface area contributed by atoms with Crippen LogP contribution in [0.3, 0.4) is 0 Å². The highest BCUT2D eigenvalue weighted by molar-refractivity contribution is 7.10. The number of morpholine rings is 1. The highest BCUT2D eigenvalue weighted by Crippen LogP contribution is 2.25. The molecule has 0 aromatic carbocycles. The molecule has 0 radical (unpaired) electrons. The molecule has 1 atom stereocenters. The summed E-state index contributed by atoms with van der Waals surface area (Å²) in [5.41, 5.74) is 0. The highest BCUT2D eigenvalue weighted by Gasteiger charge is 2.24. The van der Waals surface area contributed by atoms with E-state index >= 15 is 0 Å². The summed E-state index contributed by atoms with van der Waals surface area (Å²) in [7, 11) is 1.86. The van der Waals surface area contributed by atoms with Gasteiger partial charge in [-0.05, 0) is 24.3 Å². The minimum atomic E-state index is 0.390. The first kappa shape index (κ1) is 16.7. The van der Waals surface area contributed by atoms with Crippen LogP contribution in [0.1, 0.15) is 36.6 Å². The van der Waals surface area contributed by atoms with E-state index in [0.717, 1.165) is 38.8 Å². The van der Waals surface area contributed by atoms with Gasteiger partial charge in [-0.3, -0.25) is 9.89 Å². The van der Waals surface area contributed by atoms with Crippen molar-refractivity contribution in [2.75, 3.05) is 39.9 Å². The van der Waals surface area contributed by atoms with Crippen molar-refractivity contribution in [2.24, 2.45) is 4.99 Å². The third-order valence-electron chi connectivity index (χ3n) is 4.74. The first-order chi connectivity index (χ1) is 11.4. The van der Waals surface area contributed by atoms with Gasteiger partial charge in [0.1, 0.15) is 0 Å². The number of guanidine groups is 1. The van der Waals surface area contributed by atoms with E-state index in [4.69, 9.17) is 4.74 Å². The molecule has 0 amide bonds. The Morgan fingerprint density at radius 3 is 2.83 bits per heavy atom. The van der Waals surface area contributed by atoms with Crippen molar-refractivity contribution in [2.45, 2.75) is 37.8 Å². The van der Waals surface area contributed by atoms with Gasteiger partial charge in [0.15, 0.2) is 5.96 Å². The summed E-state index contributed by atoms with van der Waals surface area (Å²) in [4.78, 5) is 8.34. The van der Waals surface area contributed by atoms with Crippen LogP contribution >= 0.6 is 11.3 Å². The summed E-state index contributed by atoms with van der Waals surface area (Å²) in [6.45, 7) is 4.54. The van der Waals surface area contributed by atoms with Crippen molar-refractivity contribution in [3.8, 4) is 0 Å². The number of hydrogen-bond acceptors (Lipinski definition) is 4. The van der Waals surface area contributed by atoms with Crippen molar-refractivity contribution >= 4 is 17.3 Å². The number of ether oxygens (including phenoxy) is 1. The fraction of sp³-hybridized carbons (Fsp3) is 0.706. The summed E-state index contributed by atoms with van der Waals surface area (Å²) in [5, 5.41) is 9.27. The molecule has 1 unspecified atom stereocenters. The average Bonchev–Trinajstić information content (AvgIpc) is 3.29. The molecule has 0 bridgehead atoms. The van der Waals surface area contributed by atoms with E-state index in [0.29, 0.717) is 12.1 Å². The third kappa shape index (κ3) is 4.68. The maximum Gasteiger partial charge on any atom is 0.191 e. The monoisotopic (exact) mass is 336 g/mol. The van der Waals surface area contributed by atoms with Crippen LogP contribution in [-0.2, 0) is 4.74 Å². The van der Waals surface area contributed by atoms with Crippen LogP contribution in [-0.4, -0.2) is 56.8 Å². The van der Waals surface area contributed by atoms with E-state index in [9.17, 15) is 0 Å². The molecule has 23 heavy (non-hydrogen) atoms. The van der Waals surface area contributed by atoms with Gasteiger partial charge >= 0.3 is 0 Å². The average molecular weight is 337 g/mol. The molecular weight excluding hydrogens is 308 g/mol. The van der Waals surface area contributed by atoms with E-state index in [1.165, 1.54) is 30.6 Å². The van der Waals surface area contributed by atoms with Gasteiger partial charge < -0.3 is 15.4 Å². The molecule has 1 saturated carbocycles. The zero-order valence-corrected chi connectivity index (χ0v) is 14.8. The molecule has 2 N–H and O–H groups in total. The van der Waals surface area contributed by atoms with Gasteiger partial charge in [0.05, 0.1) is 19.3 Å². The van der Waals surface area contributed by atoms with Gasteiger partial charge in [-0.2, -0.15) is 0 Å². The molecule has 2 heterocycles. The fourth-order valence-electron chi connectivity index (χ4n) is 3.43. The summed E-state index contributed by atoms with van der Waals surface area (Å²) in [6.07, 6.45) is 5.19. The molecule has 5 nitrogen and oxygen atoms in total. The summed E-state index contributed by atoms with van der Waals surface area (Å²) >= 11 is 1.83. The van der Waals surface area contributed by atoms with Crippen molar-refractivity contribution in [1.82, 2.24) is 15.5 Å². The number of thiophene rings is 1. The summed E-state index contributed by atoms with van der Waals surface area (Å²) in [5.74, 6) is 0.937.